The molecule has 0 atom stereocenters. The highest BCUT2D eigenvalue weighted by atomic mass is 35.5. The second-order valence-electron chi connectivity index (χ2n) is 3.64. The van der Waals surface area contributed by atoms with E-state index in [2.05, 4.69) is 4.74 Å². The van der Waals surface area contributed by atoms with Crippen LogP contribution in [0.3, 0.4) is 0 Å². The molecule has 0 radical (unpaired) electrons. The lowest BCUT2D eigenvalue weighted by Gasteiger charge is -2.09. The zero-order chi connectivity index (χ0) is 15.3. The largest absolute Gasteiger partial charge is 0.452 e. The number of nitrogens with two attached hydrogens (primary N) is 1. The van der Waals surface area contributed by atoms with Crippen molar-refractivity contribution in [1.82, 2.24) is 0 Å². The molecule has 0 heterocycles. The Balaban J connectivity index is 2.83. The Morgan fingerprint density at radius 1 is 1.35 bits per heavy atom. The smallest absolute Gasteiger partial charge is 0.417 e. The Hall–Kier alpha value is -2.02. The lowest BCUT2D eigenvalue weighted by molar-refractivity contribution is -0.142. The highest BCUT2D eigenvalue weighted by Gasteiger charge is 2.33. The molecule has 0 aliphatic heterocycles. The molecule has 1 amide bonds. The number of amides is 1. The SMILES string of the molecule is NC(=O)COC(=O)/C=C/c1ccc(Cl)c(C(F)(F)F)c1. The van der Waals surface area contributed by atoms with Crippen molar-refractivity contribution < 1.29 is 27.5 Å². The summed E-state index contributed by atoms with van der Waals surface area (Å²) in [6, 6.07) is 3.16. The van der Waals surface area contributed by atoms with Gasteiger partial charge in [-0.05, 0) is 23.8 Å². The summed E-state index contributed by atoms with van der Waals surface area (Å²) in [5.41, 5.74) is 3.85. The maximum absolute atomic E-state index is 12.6. The molecule has 0 unspecified atom stereocenters. The molecule has 1 aromatic carbocycles. The molecule has 0 aliphatic rings. The third kappa shape index (κ3) is 4.93. The number of primary amides is 1. The second kappa shape index (κ2) is 6.42. The highest BCUT2D eigenvalue weighted by molar-refractivity contribution is 6.31. The summed E-state index contributed by atoms with van der Waals surface area (Å²) in [6.07, 6.45) is -2.60. The summed E-state index contributed by atoms with van der Waals surface area (Å²) in [5, 5.41) is -0.439. The average molecular weight is 308 g/mol. The van der Waals surface area contributed by atoms with Crippen molar-refractivity contribution in [1.29, 1.82) is 0 Å². The number of carbonyl (C=O) groups is 2. The summed E-state index contributed by atoms with van der Waals surface area (Å²) < 4.78 is 42.2. The fourth-order valence-electron chi connectivity index (χ4n) is 1.22. The molecule has 0 saturated carbocycles. The van der Waals surface area contributed by atoms with Gasteiger partial charge in [0.2, 0.25) is 0 Å². The predicted molar refractivity (Wildman–Crippen MR) is 65.6 cm³/mol. The molecular formula is C12H9ClF3NO3. The number of rotatable bonds is 4. The fraction of sp³-hybridized carbons (Fsp3) is 0.167. The topological polar surface area (TPSA) is 69.4 Å². The van der Waals surface area contributed by atoms with Crippen LogP contribution >= 0.6 is 11.6 Å². The lowest BCUT2D eigenvalue weighted by atomic mass is 10.1. The van der Waals surface area contributed by atoms with E-state index in [1.807, 2.05) is 0 Å². The van der Waals surface area contributed by atoms with Crippen molar-refractivity contribution in [3.8, 4) is 0 Å². The number of esters is 1. The van der Waals surface area contributed by atoms with Gasteiger partial charge in [0.1, 0.15) is 0 Å². The number of hydrogen-bond acceptors (Lipinski definition) is 3. The van der Waals surface area contributed by atoms with Crippen LogP contribution in [-0.2, 0) is 20.5 Å². The first-order valence-corrected chi connectivity index (χ1v) is 5.58. The van der Waals surface area contributed by atoms with Crippen LogP contribution < -0.4 is 5.73 Å². The van der Waals surface area contributed by atoms with E-state index in [9.17, 15) is 22.8 Å². The summed E-state index contributed by atoms with van der Waals surface area (Å²) in [6.45, 7) is -0.600. The first kappa shape index (κ1) is 16.0. The van der Waals surface area contributed by atoms with E-state index in [-0.39, 0.29) is 5.56 Å². The van der Waals surface area contributed by atoms with E-state index in [1.54, 1.807) is 0 Å². The molecule has 4 nitrogen and oxygen atoms in total. The first-order valence-electron chi connectivity index (χ1n) is 5.20. The third-order valence-corrected chi connectivity index (χ3v) is 2.39. The second-order valence-corrected chi connectivity index (χ2v) is 4.05. The Bertz CT molecular complexity index is 555. The van der Waals surface area contributed by atoms with Gasteiger partial charge >= 0.3 is 12.1 Å². The van der Waals surface area contributed by atoms with Gasteiger partial charge < -0.3 is 10.5 Å². The number of alkyl halides is 3. The first-order chi connectivity index (χ1) is 9.20. The number of carbonyl (C=O) groups excluding carboxylic acids is 2. The Kier molecular flexibility index (Phi) is 5.15. The third-order valence-electron chi connectivity index (χ3n) is 2.06. The Morgan fingerprint density at radius 3 is 2.55 bits per heavy atom. The Labute approximate surface area is 117 Å². The molecule has 0 saturated heterocycles. The number of halogens is 4. The van der Waals surface area contributed by atoms with Gasteiger partial charge in [0.25, 0.3) is 5.91 Å². The van der Waals surface area contributed by atoms with Gasteiger partial charge in [-0.15, -0.1) is 0 Å². The molecular weight excluding hydrogens is 299 g/mol. The minimum absolute atomic E-state index is 0.109. The van der Waals surface area contributed by atoms with Gasteiger partial charge in [0.15, 0.2) is 6.61 Å². The number of hydrogen-bond donors (Lipinski definition) is 1. The normalized spacial score (nSPS) is 11.6. The van der Waals surface area contributed by atoms with Gasteiger partial charge in [0, 0.05) is 6.08 Å². The molecule has 0 bridgehead atoms. The Morgan fingerprint density at radius 2 is 2.00 bits per heavy atom. The van der Waals surface area contributed by atoms with E-state index >= 15 is 0 Å². The maximum Gasteiger partial charge on any atom is 0.417 e. The standard InChI is InChI=1S/C12H9ClF3NO3/c13-9-3-1-7(5-8(9)12(14,15)16)2-4-11(19)20-6-10(17)18/h1-5H,6H2,(H2,17,18)/b4-2+. The summed E-state index contributed by atoms with van der Waals surface area (Å²) in [5.74, 6) is -1.73. The molecule has 0 fully saturated rings. The van der Waals surface area contributed by atoms with Crippen LogP contribution in [0.1, 0.15) is 11.1 Å². The highest BCUT2D eigenvalue weighted by Crippen LogP contribution is 2.35. The maximum atomic E-state index is 12.6. The molecule has 2 N–H and O–H groups in total. The van der Waals surface area contributed by atoms with Crippen LogP contribution in [-0.4, -0.2) is 18.5 Å². The van der Waals surface area contributed by atoms with Gasteiger partial charge in [0.05, 0.1) is 10.6 Å². The minimum Gasteiger partial charge on any atom is -0.452 e. The van der Waals surface area contributed by atoms with Gasteiger partial charge in [-0.1, -0.05) is 17.7 Å². The monoisotopic (exact) mass is 307 g/mol. The number of ether oxygens (including phenoxy) is 1. The van der Waals surface area contributed by atoms with Crippen molar-refractivity contribution in [2.75, 3.05) is 6.61 Å². The van der Waals surface area contributed by atoms with Crippen molar-refractivity contribution in [3.63, 3.8) is 0 Å². The van der Waals surface area contributed by atoms with E-state index < -0.39 is 35.2 Å². The van der Waals surface area contributed by atoms with Crippen LogP contribution in [0.25, 0.3) is 6.08 Å². The van der Waals surface area contributed by atoms with Crippen LogP contribution in [0, 0.1) is 0 Å². The summed E-state index contributed by atoms with van der Waals surface area (Å²) >= 11 is 5.44. The van der Waals surface area contributed by atoms with Crippen LogP contribution in [0.4, 0.5) is 13.2 Å². The van der Waals surface area contributed by atoms with Crippen LogP contribution in [0.5, 0.6) is 0 Å². The van der Waals surface area contributed by atoms with Gasteiger partial charge in [-0.2, -0.15) is 13.2 Å². The molecule has 20 heavy (non-hydrogen) atoms. The zero-order valence-electron chi connectivity index (χ0n) is 9.91. The van der Waals surface area contributed by atoms with E-state index in [1.165, 1.54) is 6.07 Å². The quantitative estimate of drug-likeness (QED) is 0.686. The predicted octanol–water partition coefficient (Wildman–Crippen LogP) is 2.40. The summed E-state index contributed by atoms with van der Waals surface area (Å²) in [4.78, 5) is 21.5. The fourth-order valence-corrected chi connectivity index (χ4v) is 1.44. The van der Waals surface area contributed by atoms with E-state index in [0.717, 1.165) is 24.3 Å². The van der Waals surface area contributed by atoms with Crippen molar-refractivity contribution in [2.45, 2.75) is 6.18 Å². The van der Waals surface area contributed by atoms with Crippen LogP contribution in [0.2, 0.25) is 5.02 Å². The summed E-state index contributed by atoms with van der Waals surface area (Å²) in [7, 11) is 0. The minimum atomic E-state index is -4.59. The van der Waals surface area contributed by atoms with Crippen molar-refractivity contribution >= 4 is 29.6 Å². The number of benzene rings is 1. The van der Waals surface area contributed by atoms with E-state index in [4.69, 9.17) is 17.3 Å². The molecule has 0 spiro atoms. The van der Waals surface area contributed by atoms with E-state index in [0.29, 0.717) is 0 Å². The molecule has 108 valence electrons. The molecule has 1 aromatic rings. The molecule has 0 aromatic heterocycles. The van der Waals surface area contributed by atoms with Crippen molar-refractivity contribution in [2.24, 2.45) is 5.73 Å². The zero-order valence-corrected chi connectivity index (χ0v) is 10.7. The van der Waals surface area contributed by atoms with Crippen molar-refractivity contribution in [3.05, 3.63) is 40.4 Å². The molecule has 8 heteroatoms. The molecule has 0 aliphatic carbocycles. The average Bonchev–Trinajstić information content (AvgIpc) is 2.33. The van der Waals surface area contributed by atoms with Gasteiger partial charge in [-0.3, -0.25) is 4.79 Å². The van der Waals surface area contributed by atoms with Gasteiger partial charge in [-0.25, -0.2) is 4.79 Å². The van der Waals surface area contributed by atoms with Crippen LogP contribution in [0.15, 0.2) is 24.3 Å². The lowest BCUT2D eigenvalue weighted by Crippen LogP contribution is -2.19. The molecule has 1 rings (SSSR count).